The second-order valence-electron chi connectivity index (χ2n) is 5.88. The number of rotatable bonds is 3. The van der Waals surface area contributed by atoms with Gasteiger partial charge in [-0.2, -0.15) is 0 Å². The molecule has 3 rings (SSSR count). The number of hydrogen-bond donors (Lipinski definition) is 2. The summed E-state index contributed by atoms with van der Waals surface area (Å²) in [6.07, 6.45) is 0.947. The molecule has 104 valence electrons. The maximum Gasteiger partial charge on any atom is 0.123 e. The first-order chi connectivity index (χ1) is 9.52. The number of ether oxygens (including phenoxy) is 1. The van der Waals surface area contributed by atoms with Crippen molar-refractivity contribution in [2.75, 3.05) is 5.32 Å². The molecule has 20 heavy (non-hydrogen) atoms. The van der Waals surface area contributed by atoms with E-state index in [4.69, 9.17) is 4.74 Å². The Morgan fingerprint density at radius 3 is 2.85 bits per heavy atom. The van der Waals surface area contributed by atoms with Crippen molar-refractivity contribution in [1.29, 1.82) is 0 Å². The molecule has 0 radical (unpaired) electrons. The minimum absolute atomic E-state index is 0.0976. The van der Waals surface area contributed by atoms with Crippen LogP contribution >= 0.6 is 0 Å². The molecule has 0 saturated heterocycles. The molecule has 3 nitrogen and oxygen atoms in total. The van der Waals surface area contributed by atoms with Gasteiger partial charge in [0.15, 0.2) is 0 Å². The molecule has 1 aliphatic rings. The first-order valence-electron chi connectivity index (χ1n) is 6.86. The standard InChI is InChI=1S/C17H19NO2/c1-17(2)10-13-8-12(6-7-16(13)20-17)11-18-14-4-3-5-15(19)9-14/h3-9,18-19H,10-11H2,1-2H3. The molecule has 0 unspecified atom stereocenters. The Kier molecular flexibility index (Phi) is 3.05. The highest BCUT2D eigenvalue weighted by molar-refractivity contribution is 5.49. The predicted octanol–water partition coefficient (Wildman–Crippen LogP) is 3.72. The Morgan fingerprint density at radius 2 is 2.05 bits per heavy atom. The molecular weight excluding hydrogens is 250 g/mol. The fraction of sp³-hybridized carbons (Fsp3) is 0.294. The maximum absolute atomic E-state index is 9.44. The van der Waals surface area contributed by atoms with Gasteiger partial charge in [-0.3, -0.25) is 0 Å². The van der Waals surface area contributed by atoms with Crippen LogP contribution in [0.25, 0.3) is 0 Å². The summed E-state index contributed by atoms with van der Waals surface area (Å²) >= 11 is 0. The topological polar surface area (TPSA) is 41.5 Å². The third-order valence-corrected chi connectivity index (χ3v) is 3.47. The van der Waals surface area contributed by atoms with E-state index in [1.165, 1.54) is 11.1 Å². The average Bonchev–Trinajstić information content (AvgIpc) is 2.69. The van der Waals surface area contributed by atoms with Crippen LogP contribution in [-0.2, 0) is 13.0 Å². The fourth-order valence-corrected chi connectivity index (χ4v) is 2.59. The first kappa shape index (κ1) is 12.9. The zero-order valence-electron chi connectivity index (χ0n) is 11.8. The zero-order valence-corrected chi connectivity index (χ0v) is 11.8. The van der Waals surface area contributed by atoms with Gasteiger partial charge in [0.25, 0.3) is 0 Å². The van der Waals surface area contributed by atoms with Crippen molar-refractivity contribution in [1.82, 2.24) is 0 Å². The average molecular weight is 269 g/mol. The Labute approximate surface area is 119 Å². The second kappa shape index (κ2) is 4.75. The van der Waals surface area contributed by atoms with Crippen LogP contribution in [0.3, 0.4) is 0 Å². The van der Waals surface area contributed by atoms with E-state index in [9.17, 15) is 5.11 Å². The number of phenols is 1. The number of anilines is 1. The maximum atomic E-state index is 9.44. The van der Waals surface area contributed by atoms with Gasteiger partial charge in [-0.25, -0.2) is 0 Å². The van der Waals surface area contributed by atoms with Crippen LogP contribution in [0, 0.1) is 0 Å². The summed E-state index contributed by atoms with van der Waals surface area (Å²) in [5, 5.41) is 12.8. The van der Waals surface area contributed by atoms with E-state index < -0.39 is 0 Å². The van der Waals surface area contributed by atoms with Gasteiger partial charge in [0.05, 0.1) is 0 Å². The van der Waals surface area contributed by atoms with Gasteiger partial charge in [0, 0.05) is 24.7 Å². The zero-order chi connectivity index (χ0) is 14.2. The molecule has 0 aliphatic carbocycles. The largest absolute Gasteiger partial charge is 0.508 e. The van der Waals surface area contributed by atoms with E-state index in [0.717, 1.165) is 24.4 Å². The van der Waals surface area contributed by atoms with E-state index in [-0.39, 0.29) is 11.4 Å². The molecule has 0 atom stereocenters. The van der Waals surface area contributed by atoms with Crippen LogP contribution in [0.4, 0.5) is 5.69 Å². The highest BCUT2D eigenvalue weighted by atomic mass is 16.5. The third kappa shape index (κ3) is 2.72. The summed E-state index contributed by atoms with van der Waals surface area (Å²) in [6, 6.07) is 13.5. The van der Waals surface area contributed by atoms with Gasteiger partial charge in [0.1, 0.15) is 17.1 Å². The number of fused-ring (bicyclic) bond motifs is 1. The van der Waals surface area contributed by atoms with Gasteiger partial charge in [-0.05, 0) is 43.2 Å². The predicted molar refractivity (Wildman–Crippen MR) is 80.3 cm³/mol. The number of aromatic hydroxyl groups is 1. The molecular formula is C17H19NO2. The minimum Gasteiger partial charge on any atom is -0.508 e. The smallest absolute Gasteiger partial charge is 0.123 e. The van der Waals surface area contributed by atoms with Crippen molar-refractivity contribution >= 4 is 5.69 Å². The van der Waals surface area contributed by atoms with Crippen molar-refractivity contribution in [3.05, 3.63) is 53.6 Å². The first-order valence-corrected chi connectivity index (χ1v) is 6.86. The van der Waals surface area contributed by atoms with E-state index in [1.807, 2.05) is 18.2 Å². The molecule has 0 spiro atoms. The minimum atomic E-state index is -0.0976. The number of benzene rings is 2. The monoisotopic (exact) mass is 269 g/mol. The second-order valence-corrected chi connectivity index (χ2v) is 5.88. The number of nitrogens with one attached hydrogen (secondary N) is 1. The third-order valence-electron chi connectivity index (χ3n) is 3.47. The summed E-state index contributed by atoms with van der Waals surface area (Å²) in [5.41, 5.74) is 3.31. The Morgan fingerprint density at radius 1 is 1.20 bits per heavy atom. The molecule has 0 aromatic heterocycles. The summed E-state index contributed by atoms with van der Waals surface area (Å²) in [5.74, 6) is 1.27. The molecule has 2 aromatic carbocycles. The fourth-order valence-electron chi connectivity index (χ4n) is 2.59. The van der Waals surface area contributed by atoms with Crippen molar-refractivity contribution < 1.29 is 9.84 Å². The van der Waals surface area contributed by atoms with Crippen molar-refractivity contribution in [3.63, 3.8) is 0 Å². The molecule has 0 fully saturated rings. The highest BCUT2D eigenvalue weighted by Gasteiger charge is 2.29. The Balaban J connectivity index is 1.71. The van der Waals surface area contributed by atoms with E-state index in [2.05, 4.69) is 31.3 Å². The van der Waals surface area contributed by atoms with Crippen LogP contribution in [0.1, 0.15) is 25.0 Å². The summed E-state index contributed by atoms with van der Waals surface area (Å²) < 4.78 is 5.87. The van der Waals surface area contributed by atoms with Crippen molar-refractivity contribution in [3.8, 4) is 11.5 Å². The number of phenolic OH excluding ortho intramolecular Hbond substituents is 1. The molecule has 0 bridgehead atoms. The molecule has 0 saturated carbocycles. The molecule has 2 aromatic rings. The van der Waals surface area contributed by atoms with Crippen LogP contribution in [0.5, 0.6) is 11.5 Å². The van der Waals surface area contributed by atoms with Crippen LogP contribution in [-0.4, -0.2) is 10.7 Å². The van der Waals surface area contributed by atoms with Crippen LogP contribution in [0.15, 0.2) is 42.5 Å². The van der Waals surface area contributed by atoms with Crippen molar-refractivity contribution in [2.24, 2.45) is 0 Å². The molecule has 1 aliphatic heterocycles. The SMILES string of the molecule is CC1(C)Cc2cc(CNc3cccc(O)c3)ccc2O1. The Hall–Kier alpha value is -2.16. The summed E-state index contributed by atoms with van der Waals surface area (Å²) in [4.78, 5) is 0. The normalized spacial score (nSPS) is 15.5. The quantitative estimate of drug-likeness (QED) is 0.892. The highest BCUT2D eigenvalue weighted by Crippen LogP contribution is 2.35. The molecule has 3 heteroatoms. The van der Waals surface area contributed by atoms with Gasteiger partial charge in [-0.15, -0.1) is 0 Å². The Bertz CT molecular complexity index is 635. The van der Waals surface area contributed by atoms with E-state index in [0.29, 0.717) is 0 Å². The van der Waals surface area contributed by atoms with Crippen LogP contribution < -0.4 is 10.1 Å². The van der Waals surface area contributed by atoms with Gasteiger partial charge in [0.2, 0.25) is 0 Å². The lowest BCUT2D eigenvalue weighted by atomic mass is 10.0. The molecule has 2 N–H and O–H groups in total. The lowest BCUT2D eigenvalue weighted by molar-refractivity contribution is 0.138. The van der Waals surface area contributed by atoms with Gasteiger partial charge < -0.3 is 15.2 Å². The van der Waals surface area contributed by atoms with Gasteiger partial charge in [-0.1, -0.05) is 18.2 Å². The van der Waals surface area contributed by atoms with Crippen LogP contribution in [0.2, 0.25) is 0 Å². The van der Waals surface area contributed by atoms with Gasteiger partial charge >= 0.3 is 0 Å². The number of hydrogen-bond acceptors (Lipinski definition) is 3. The summed E-state index contributed by atoms with van der Waals surface area (Å²) in [6.45, 7) is 4.95. The molecule has 0 amide bonds. The lowest BCUT2D eigenvalue weighted by Crippen LogP contribution is -2.24. The van der Waals surface area contributed by atoms with Crippen molar-refractivity contribution in [2.45, 2.75) is 32.4 Å². The van der Waals surface area contributed by atoms with E-state index in [1.54, 1.807) is 12.1 Å². The summed E-state index contributed by atoms with van der Waals surface area (Å²) in [7, 11) is 0. The molecule has 1 heterocycles. The van der Waals surface area contributed by atoms with E-state index >= 15 is 0 Å². The lowest BCUT2D eigenvalue weighted by Gasteiger charge is -2.16.